The Morgan fingerprint density at radius 3 is 2.55 bits per heavy atom. The van der Waals surface area contributed by atoms with Crippen LogP contribution in [-0.4, -0.2) is 40.7 Å². The smallest absolute Gasteiger partial charge is 0.465 e. The molecule has 0 bridgehead atoms. The van der Waals surface area contributed by atoms with Gasteiger partial charge in [0.05, 0.1) is 41.4 Å². The van der Waals surface area contributed by atoms with Gasteiger partial charge in [0.2, 0.25) is 6.29 Å². The first kappa shape index (κ1) is 28.7. The molecule has 0 spiro atoms. The maximum Gasteiger partial charge on any atom is 0.511 e. The van der Waals surface area contributed by atoms with E-state index in [4.69, 9.17) is 18.9 Å². The third kappa shape index (κ3) is 6.55. The van der Waals surface area contributed by atoms with Crippen molar-refractivity contribution in [1.82, 2.24) is 9.55 Å². The van der Waals surface area contributed by atoms with E-state index in [2.05, 4.69) is 11.1 Å². The number of rotatable bonds is 9. The number of para-hydroxylation sites is 1. The van der Waals surface area contributed by atoms with Crippen LogP contribution in [0.4, 0.5) is 4.79 Å². The second-order valence-corrected chi connectivity index (χ2v) is 10.2. The third-order valence-corrected chi connectivity index (χ3v) is 7.21. The van der Waals surface area contributed by atoms with Crippen LogP contribution in [-0.2, 0) is 20.8 Å². The predicted octanol–water partition coefficient (Wildman–Crippen LogP) is 7.01. The van der Waals surface area contributed by atoms with Gasteiger partial charge in [0.1, 0.15) is 6.10 Å². The van der Waals surface area contributed by atoms with Gasteiger partial charge in [-0.25, -0.2) is 9.59 Å². The lowest BCUT2D eigenvalue weighted by molar-refractivity contribution is -0.0914. The Labute approximate surface area is 244 Å². The molecule has 1 atom stereocenters. The Hall–Kier alpha value is -4.84. The molecular formula is C33H33N3O6. The highest BCUT2D eigenvalue weighted by Crippen LogP contribution is 2.29. The summed E-state index contributed by atoms with van der Waals surface area (Å²) in [6, 6.07) is 23.2. The maximum absolute atomic E-state index is 13.3. The van der Waals surface area contributed by atoms with E-state index in [9.17, 15) is 14.9 Å². The zero-order valence-corrected chi connectivity index (χ0v) is 23.7. The Morgan fingerprint density at radius 2 is 1.81 bits per heavy atom. The van der Waals surface area contributed by atoms with Gasteiger partial charge in [-0.15, -0.1) is 0 Å². The summed E-state index contributed by atoms with van der Waals surface area (Å²) in [7, 11) is 0. The molecule has 0 N–H and O–H groups in total. The van der Waals surface area contributed by atoms with Gasteiger partial charge in [0, 0.05) is 6.92 Å². The summed E-state index contributed by atoms with van der Waals surface area (Å²) in [5.74, 6) is -0.681. The topological polar surface area (TPSA) is 113 Å². The van der Waals surface area contributed by atoms with Crippen molar-refractivity contribution in [2.24, 2.45) is 0 Å². The number of hydrogen-bond acceptors (Lipinski definition) is 8. The van der Waals surface area contributed by atoms with E-state index < -0.39 is 18.4 Å². The van der Waals surface area contributed by atoms with Crippen molar-refractivity contribution in [3.8, 4) is 23.2 Å². The minimum Gasteiger partial charge on any atom is -0.465 e. The number of carbonyl (C=O) groups is 2. The van der Waals surface area contributed by atoms with Crippen molar-refractivity contribution in [3.05, 3.63) is 83.4 Å². The summed E-state index contributed by atoms with van der Waals surface area (Å²) in [4.78, 5) is 30.2. The lowest BCUT2D eigenvalue weighted by atomic mass is 9.98. The standard InChI is InChI=1S/C33H33N3O6/c1-3-39-32-35-29-16-10-15-28(31(37)40-22(2)41-33(38)42-26-13-8-5-9-14-26)30(29)36(32)21-23-17-18-27(25(19-23)20-34)24-11-6-4-7-12-24/h4,6-7,10-12,15-19,22,26H,3,5,8-9,13-14,21H2,1-2H3. The van der Waals surface area contributed by atoms with E-state index in [-0.39, 0.29) is 11.7 Å². The largest absolute Gasteiger partial charge is 0.511 e. The molecular weight excluding hydrogens is 534 g/mol. The molecule has 4 aromatic rings. The van der Waals surface area contributed by atoms with Gasteiger partial charge in [-0.1, -0.05) is 55.0 Å². The molecule has 1 aliphatic rings. The summed E-state index contributed by atoms with van der Waals surface area (Å²) in [6.45, 7) is 3.99. The average Bonchev–Trinajstić information content (AvgIpc) is 3.34. The van der Waals surface area contributed by atoms with Gasteiger partial charge in [0.25, 0.3) is 6.01 Å². The molecule has 1 fully saturated rings. The molecule has 9 heteroatoms. The number of ether oxygens (including phenoxy) is 4. The Kier molecular flexibility index (Phi) is 9.02. The summed E-state index contributed by atoms with van der Waals surface area (Å²) in [5, 5.41) is 9.90. The van der Waals surface area contributed by atoms with Crippen LogP contribution in [0.2, 0.25) is 0 Å². The zero-order valence-electron chi connectivity index (χ0n) is 23.7. The zero-order chi connectivity index (χ0) is 29.5. The quantitative estimate of drug-likeness (QED) is 0.157. The lowest BCUT2D eigenvalue weighted by Crippen LogP contribution is -2.26. The fourth-order valence-electron chi connectivity index (χ4n) is 5.27. The summed E-state index contributed by atoms with van der Waals surface area (Å²) < 4.78 is 23.7. The minimum atomic E-state index is -1.16. The van der Waals surface area contributed by atoms with Crippen LogP contribution in [0.1, 0.15) is 67.4 Å². The Balaban J connectivity index is 1.39. The van der Waals surface area contributed by atoms with Gasteiger partial charge in [-0.2, -0.15) is 10.2 Å². The molecule has 1 heterocycles. The van der Waals surface area contributed by atoms with Crippen LogP contribution in [0.25, 0.3) is 22.2 Å². The molecule has 216 valence electrons. The van der Waals surface area contributed by atoms with Gasteiger partial charge >= 0.3 is 12.1 Å². The highest BCUT2D eigenvalue weighted by Gasteiger charge is 2.25. The van der Waals surface area contributed by atoms with Gasteiger partial charge in [0.15, 0.2) is 0 Å². The number of fused-ring (bicyclic) bond motifs is 1. The SMILES string of the molecule is CCOc1nc2cccc(C(=O)OC(C)OC(=O)OC3CCCCC3)c2n1Cc1ccc(-c2ccccc2)c(C#N)c1. The summed E-state index contributed by atoms with van der Waals surface area (Å²) >= 11 is 0. The van der Waals surface area contributed by atoms with Gasteiger partial charge in [-0.05, 0) is 67.5 Å². The molecule has 5 rings (SSSR count). The van der Waals surface area contributed by atoms with Gasteiger partial charge < -0.3 is 18.9 Å². The number of nitrogens with zero attached hydrogens (tertiary/aromatic N) is 3. The number of hydrogen-bond donors (Lipinski definition) is 0. The van der Waals surface area contributed by atoms with Crippen LogP contribution in [0.15, 0.2) is 66.7 Å². The summed E-state index contributed by atoms with van der Waals surface area (Å²) in [5.41, 5.74) is 4.44. The number of esters is 1. The number of imidazole rings is 1. The molecule has 0 radical (unpaired) electrons. The monoisotopic (exact) mass is 567 g/mol. The van der Waals surface area contributed by atoms with Crippen LogP contribution in [0, 0.1) is 11.3 Å². The first-order valence-corrected chi connectivity index (χ1v) is 14.3. The highest BCUT2D eigenvalue weighted by atomic mass is 16.8. The Bertz CT molecular complexity index is 1600. The van der Waals surface area contributed by atoms with E-state index in [1.165, 1.54) is 6.92 Å². The maximum atomic E-state index is 13.3. The van der Waals surface area contributed by atoms with Crippen molar-refractivity contribution in [1.29, 1.82) is 5.26 Å². The van der Waals surface area contributed by atoms with E-state index >= 15 is 0 Å². The minimum absolute atomic E-state index is 0.169. The van der Waals surface area contributed by atoms with Crippen LogP contribution in [0.5, 0.6) is 6.01 Å². The van der Waals surface area contributed by atoms with Crippen molar-refractivity contribution in [2.45, 2.75) is 64.9 Å². The van der Waals surface area contributed by atoms with Crippen molar-refractivity contribution >= 4 is 23.2 Å². The molecule has 9 nitrogen and oxygen atoms in total. The van der Waals surface area contributed by atoms with Crippen LogP contribution < -0.4 is 4.74 Å². The van der Waals surface area contributed by atoms with Crippen molar-refractivity contribution < 1.29 is 28.5 Å². The highest BCUT2D eigenvalue weighted by molar-refractivity contribution is 6.02. The fourth-order valence-corrected chi connectivity index (χ4v) is 5.27. The molecule has 0 amide bonds. The van der Waals surface area contributed by atoms with Crippen LogP contribution in [0.3, 0.4) is 0 Å². The van der Waals surface area contributed by atoms with Crippen molar-refractivity contribution in [3.63, 3.8) is 0 Å². The first-order chi connectivity index (χ1) is 20.5. The fraction of sp³-hybridized carbons (Fsp3) is 0.333. The van der Waals surface area contributed by atoms with Crippen LogP contribution >= 0.6 is 0 Å². The molecule has 1 aromatic heterocycles. The number of benzene rings is 3. The molecule has 0 aliphatic heterocycles. The van der Waals surface area contributed by atoms with E-state index in [1.807, 2.05) is 55.5 Å². The number of nitriles is 1. The Morgan fingerprint density at radius 1 is 1.02 bits per heavy atom. The van der Waals surface area contributed by atoms with E-state index in [1.54, 1.807) is 22.8 Å². The predicted molar refractivity (Wildman–Crippen MR) is 156 cm³/mol. The summed E-state index contributed by atoms with van der Waals surface area (Å²) in [6.07, 6.45) is 2.60. The van der Waals surface area contributed by atoms with Gasteiger partial charge in [-0.3, -0.25) is 4.57 Å². The molecule has 1 unspecified atom stereocenters. The average molecular weight is 568 g/mol. The number of carbonyl (C=O) groups excluding carboxylic acids is 2. The van der Waals surface area contributed by atoms with Crippen molar-refractivity contribution in [2.75, 3.05) is 6.61 Å². The number of aromatic nitrogens is 2. The van der Waals surface area contributed by atoms with E-state index in [0.717, 1.165) is 48.8 Å². The molecule has 0 saturated heterocycles. The molecule has 42 heavy (non-hydrogen) atoms. The normalized spacial score (nSPS) is 14.1. The molecule has 1 aliphatic carbocycles. The molecule has 3 aromatic carbocycles. The second-order valence-electron chi connectivity index (χ2n) is 10.2. The van der Waals surface area contributed by atoms with E-state index in [0.29, 0.717) is 35.8 Å². The molecule has 1 saturated carbocycles. The first-order valence-electron chi connectivity index (χ1n) is 14.3. The third-order valence-electron chi connectivity index (χ3n) is 7.21. The lowest BCUT2D eigenvalue weighted by Gasteiger charge is -2.22. The second kappa shape index (κ2) is 13.2.